The van der Waals surface area contributed by atoms with Crippen LogP contribution in [0.3, 0.4) is 0 Å². The van der Waals surface area contributed by atoms with Crippen molar-refractivity contribution in [3.63, 3.8) is 0 Å². The average Bonchev–Trinajstić information content (AvgIpc) is 3.09. The van der Waals surface area contributed by atoms with E-state index in [2.05, 4.69) is 15.0 Å². The summed E-state index contributed by atoms with van der Waals surface area (Å²) in [6, 6.07) is 2.11. The van der Waals surface area contributed by atoms with Gasteiger partial charge in [-0.15, -0.1) is 0 Å². The smallest absolute Gasteiger partial charge is 0.326 e. The van der Waals surface area contributed by atoms with Crippen LogP contribution in [0.4, 0.5) is 0 Å². The van der Waals surface area contributed by atoms with Gasteiger partial charge in [-0.1, -0.05) is 6.42 Å². The molecular formula is C15H18N4O2. The van der Waals surface area contributed by atoms with Crippen molar-refractivity contribution in [3.05, 3.63) is 28.9 Å². The van der Waals surface area contributed by atoms with Crippen LogP contribution in [0.2, 0.25) is 0 Å². The molecule has 3 aromatic rings. The summed E-state index contributed by atoms with van der Waals surface area (Å²) in [5, 5.41) is 10.4. The highest BCUT2D eigenvalue weighted by atomic mass is 16.3. The number of aliphatic hydroxyl groups excluding tert-OH is 1. The predicted octanol–water partition coefficient (Wildman–Crippen LogP) is 1.93. The molecule has 3 aromatic heterocycles. The first-order chi connectivity index (χ1) is 10.3. The molecule has 110 valence electrons. The van der Waals surface area contributed by atoms with Crippen molar-refractivity contribution in [2.75, 3.05) is 6.61 Å². The zero-order valence-corrected chi connectivity index (χ0v) is 11.7. The second-order valence-corrected chi connectivity index (χ2v) is 5.93. The molecule has 3 N–H and O–H groups in total. The van der Waals surface area contributed by atoms with E-state index in [1.807, 2.05) is 16.8 Å². The first-order valence-corrected chi connectivity index (χ1v) is 7.45. The number of aliphatic hydroxyl groups is 1. The van der Waals surface area contributed by atoms with Crippen LogP contribution in [0.15, 0.2) is 23.3 Å². The van der Waals surface area contributed by atoms with Crippen LogP contribution in [0.25, 0.3) is 22.1 Å². The molecule has 0 amide bonds. The maximum Gasteiger partial charge on any atom is 0.326 e. The molecule has 6 heteroatoms. The zero-order chi connectivity index (χ0) is 14.4. The van der Waals surface area contributed by atoms with Crippen molar-refractivity contribution >= 4 is 22.1 Å². The highest BCUT2D eigenvalue weighted by Crippen LogP contribution is 2.34. The summed E-state index contributed by atoms with van der Waals surface area (Å²) in [6.07, 6.45) is 7.49. The Morgan fingerprint density at radius 1 is 1.43 bits per heavy atom. The molecule has 0 aromatic carbocycles. The zero-order valence-electron chi connectivity index (χ0n) is 11.7. The molecule has 3 heterocycles. The highest BCUT2D eigenvalue weighted by Gasteiger charge is 2.26. The van der Waals surface area contributed by atoms with Crippen LogP contribution < -0.4 is 5.69 Å². The molecule has 1 fully saturated rings. The van der Waals surface area contributed by atoms with Gasteiger partial charge in [0.15, 0.2) is 0 Å². The van der Waals surface area contributed by atoms with Gasteiger partial charge < -0.3 is 15.1 Å². The summed E-state index contributed by atoms with van der Waals surface area (Å²) in [4.78, 5) is 22.7. The van der Waals surface area contributed by atoms with E-state index in [4.69, 9.17) is 0 Å². The van der Waals surface area contributed by atoms with E-state index in [1.54, 1.807) is 6.20 Å². The monoisotopic (exact) mass is 286 g/mol. The summed E-state index contributed by atoms with van der Waals surface area (Å²) in [5.74, 6) is 0.296. The van der Waals surface area contributed by atoms with Crippen molar-refractivity contribution in [2.45, 2.75) is 31.7 Å². The third-order valence-corrected chi connectivity index (χ3v) is 4.64. The Kier molecular flexibility index (Phi) is 2.85. The van der Waals surface area contributed by atoms with Crippen LogP contribution in [-0.2, 0) is 0 Å². The quantitative estimate of drug-likeness (QED) is 0.672. The van der Waals surface area contributed by atoms with Gasteiger partial charge in [0.2, 0.25) is 0 Å². The molecule has 2 atom stereocenters. The van der Waals surface area contributed by atoms with Crippen molar-refractivity contribution < 1.29 is 5.11 Å². The van der Waals surface area contributed by atoms with E-state index in [0.29, 0.717) is 5.92 Å². The number of nitrogens with zero attached hydrogens (tertiary/aromatic N) is 2. The van der Waals surface area contributed by atoms with Crippen molar-refractivity contribution in [1.82, 2.24) is 19.5 Å². The lowest BCUT2D eigenvalue weighted by atomic mass is 9.86. The van der Waals surface area contributed by atoms with Gasteiger partial charge in [0.05, 0.1) is 17.2 Å². The topological polar surface area (TPSA) is 86.7 Å². The fraction of sp³-hybridized carbons (Fsp3) is 0.467. The molecule has 0 unspecified atom stereocenters. The van der Waals surface area contributed by atoms with Gasteiger partial charge in [-0.3, -0.25) is 4.57 Å². The molecule has 21 heavy (non-hydrogen) atoms. The summed E-state index contributed by atoms with van der Waals surface area (Å²) >= 11 is 0. The van der Waals surface area contributed by atoms with Gasteiger partial charge in [0.25, 0.3) is 0 Å². The Morgan fingerprint density at radius 3 is 3.19 bits per heavy atom. The second-order valence-electron chi connectivity index (χ2n) is 5.93. The molecule has 0 radical (unpaired) electrons. The molecule has 0 bridgehead atoms. The van der Waals surface area contributed by atoms with Gasteiger partial charge in [-0.2, -0.15) is 0 Å². The number of hydrogen-bond donors (Lipinski definition) is 3. The molecule has 0 aliphatic heterocycles. The summed E-state index contributed by atoms with van der Waals surface area (Å²) in [7, 11) is 0. The van der Waals surface area contributed by atoms with Gasteiger partial charge in [0.1, 0.15) is 5.65 Å². The summed E-state index contributed by atoms with van der Waals surface area (Å²) in [6.45, 7) is 0.203. The lowest BCUT2D eigenvalue weighted by Crippen LogP contribution is -2.28. The maximum atomic E-state index is 12.4. The van der Waals surface area contributed by atoms with E-state index in [-0.39, 0.29) is 18.3 Å². The molecule has 1 aliphatic rings. The van der Waals surface area contributed by atoms with Crippen molar-refractivity contribution in [3.8, 4) is 0 Å². The van der Waals surface area contributed by atoms with E-state index in [1.165, 1.54) is 0 Å². The lowest BCUT2D eigenvalue weighted by Gasteiger charge is -2.28. The van der Waals surface area contributed by atoms with Crippen LogP contribution >= 0.6 is 0 Å². The van der Waals surface area contributed by atoms with Gasteiger partial charge in [-0.05, 0) is 31.2 Å². The Balaban J connectivity index is 1.93. The molecule has 6 nitrogen and oxygen atoms in total. The number of H-pyrrole nitrogens is 2. The Morgan fingerprint density at radius 2 is 2.33 bits per heavy atom. The van der Waals surface area contributed by atoms with E-state index < -0.39 is 0 Å². The van der Waals surface area contributed by atoms with Crippen LogP contribution in [0.5, 0.6) is 0 Å². The fourth-order valence-corrected chi connectivity index (χ4v) is 3.63. The molecule has 0 saturated heterocycles. The van der Waals surface area contributed by atoms with Crippen LogP contribution in [0, 0.1) is 5.92 Å². The van der Waals surface area contributed by atoms with E-state index in [0.717, 1.165) is 47.8 Å². The molecule has 0 spiro atoms. The SMILES string of the molecule is O=c1[nH]c2cnc3[nH]ccc3c2n1[C@@H]1CCC[C@H](CO)C1. The number of hydrogen-bond acceptors (Lipinski definition) is 3. The number of aromatic nitrogens is 4. The van der Waals surface area contributed by atoms with Crippen molar-refractivity contribution in [2.24, 2.45) is 5.92 Å². The lowest BCUT2D eigenvalue weighted by molar-refractivity contribution is 0.163. The largest absolute Gasteiger partial charge is 0.396 e. The minimum Gasteiger partial charge on any atom is -0.396 e. The summed E-state index contributed by atoms with van der Waals surface area (Å²) < 4.78 is 1.87. The predicted molar refractivity (Wildman–Crippen MR) is 80.3 cm³/mol. The number of fused-ring (bicyclic) bond motifs is 3. The minimum atomic E-state index is -0.0795. The van der Waals surface area contributed by atoms with Gasteiger partial charge >= 0.3 is 5.69 Å². The molecule has 4 rings (SSSR count). The molecule has 1 aliphatic carbocycles. The standard InChI is InChI=1S/C15H18N4O2/c20-8-9-2-1-3-10(6-9)19-13-11-4-5-16-14(11)17-7-12(13)18-15(19)21/h4-5,7,9-10,20H,1-3,6,8H2,(H,16,17)(H,18,21)/t9-,10+/m0/s1. The van der Waals surface area contributed by atoms with E-state index in [9.17, 15) is 9.90 Å². The van der Waals surface area contributed by atoms with Crippen molar-refractivity contribution in [1.29, 1.82) is 0 Å². The molecular weight excluding hydrogens is 268 g/mol. The van der Waals surface area contributed by atoms with Gasteiger partial charge in [0, 0.05) is 24.2 Å². The minimum absolute atomic E-state index is 0.0795. The number of rotatable bonds is 2. The second kappa shape index (κ2) is 4.73. The summed E-state index contributed by atoms with van der Waals surface area (Å²) in [5.41, 5.74) is 2.42. The number of imidazole rings is 1. The third-order valence-electron chi connectivity index (χ3n) is 4.64. The Labute approximate surface area is 120 Å². The normalized spacial score (nSPS) is 23.1. The third kappa shape index (κ3) is 1.90. The van der Waals surface area contributed by atoms with Crippen LogP contribution in [0.1, 0.15) is 31.7 Å². The number of aromatic amines is 2. The van der Waals surface area contributed by atoms with Gasteiger partial charge in [-0.25, -0.2) is 9.78 Å². The molecule has 1 saturated carbocycles. The number of nitrogens with one attached hydrogen (secondary N) is 2. The fourth-order valence-electron chi connectivity index (χ4n) is 3.63. The first-order valence-electron chi connectivity index (χ1n) is 7.45. The maximum absolute atomic E-state index is 12.4. The number of pyridine rings is 1. The highest BCUT2D eigenvalue weighted by molar-refractivity contribution is 6.00. The Bertz CT molecular complexity index is 844. The van der Waals surface area contributed by atoms with Crippen LogP contribution in [-0.4, -0.2) is 31.2 Å². The van der Waals surface area contributed by atoms with E-state index >= 15 is 0 Å². The average molecular weight is 286 g/mol. The first kappa shape index (κ1) is 12.6. The Hall–Kier alpha value is -2.08.